The zero-order valence-electron chi connectivity index (χ0n) is 14.8. The van der Waals surface area contributed by atoms with Gasteiger partial charge >= 0.3 is 0 Å². The second-order valence-electron chi connectivity index (χ2n) is 7.02. The van der Waals surface area contributed by atoms with Gasteiger partial charge in [-0.25, -0.2) is 4.52 Å². The SMILES string of the molecule is CNC(=O)C1CC(=O)N(C2CN(C(=O)c3cnn4ccc(C)cc34)C2)C1. The van der Waals surface area contributed by atoms with Gasteiger partial charge < -0.3 is 15.1 Å². The van der Waals surface area contributed by atoms with Gasteiger partial charge in [-0.05, 0) is 24.6 Å². The van der Waals surface area contributed by atoms with Crippen molar-refractivity contribution in [3.8, 4) is 0 Å². The van der Waals surface area contributed by atoms with E-state index in [0.717, 1.165) is 11.1 Å². The number of nitrogens with zero attached hydrogens (tertiary/aromatic N) is 4. The van der Waals surface area contributed by atoms with Crippen LogP contribution in [0.1, 0.15) is 22.3 Å². The minimum Gasteiger partial charge on any atom is -0.359 e. The number of aromatic nitrogens is 2. The van der Waals surface area contributed by atoms with E-state index in [1.807, 2.05) is 25.3 Å². The van der Waals surface area contributed by atoms with Crippen molar-refractivity contribution in [1.82, 2.24) is 24.7 Å². The van der Waals surface area contributed by atoms with E-state index in [2.05, 4.69) is 10.4 Å². The number of carbonyl (C=O) groups excluding carboxylic acids is 3. The third-order valence-electron chi connectivity index (χ3n) is 5.27. The Morgan fingerprint density at radius 1 is 1.27 bits per heavy atom. The van der Waals surface area contributed by atoms with E-state index in [4.69, 9.17) is 0 Å². The number of amides is 3. The van der Waals surface area contributed by atoms with Crippen LogP contribution in [0.4, 0.5) is 0 Å². The molecule has 4 rings (SSSR count). The third kappa shape index (κ3) is 2.61. The zero-order valence-corrected chi connectivity index (χ0v) is 14.8. The monoisotopic (exact) mass is 355 g/mol. The van der Waals surface area contributed by atoms with E-state index >= 15 is 0 Å². The first-order valence-corrected chi connectivity index (χ1v) is 8.72. The molecule has 8 nitrogen and oxygen atoms in total. The van der Waals surface area contributed by atoms with Gasteiger partial charge in [0.05, 0.1) is 29.2 Å². The molecule has 0 radical (unpaired) electrons. The van der Waals surface area contributed by atoms with Crippen LogP contribution in [0.5, 0.6) is 0 Å². The molecule has 136 valence electrons. The molecule has 2 aromatic rings. The van der Waals surface area contributed by atoms with E-state index in [9.17, 15) is 14.4 Å². The highest BCUT2D eigenvalue weighted by Crippen LogP contribution is 2.26. The molecule has 2 fully saturated rings. The Bertz CT molecular complexity index is 899. The maximum absolute atomic E-state index is 12.8. The van der Waals surface area contributed by atoms with Crippen LogP contribution in [0.3, 0.4) is 0 Å². The number of likely N-dealkylation sites (tertiary alicyclic amines) is 2. The molecule has 26 heavy (non-hydrogen) atoms. The molecule has 3 amide bonds. The molecule has 2 aliphatic rings. The highest BCUT2D eigenvalue weighted by atomic mass is 16.2. The molecule has 1 unspecified atom stereocenters. The maximum atomic E-state index is 12.8. The highest BCUT2D eigenvalue weighted by molar-refractivity contribution is 6.01. The van der Waals surface area contributed by atoms with Crippen molar-refractivity contribution in [2.24, 2.45) is 5.92 Å². The number of hydrogen-bond donors (Lipinski definition) is 1. The van der Waals surface area contributed by atoms with Crippen LogP contribution < -0.4 is 5.32 Å². The molecule has 1 atom stereocenters. The van der Waals surface area contributed by atoms with Crippen molar-refractivity contribution >= 4 is 23.2 Å². The normalized spacial score (nSPS) is 20.5. The van der Waals surface area contributed by atoms with Gasteiger partial charge in [0.1, 0.15) is 0 Å². The lowest BCUT2D eigenvalue weighted by Crippen LogP contribution is -2.61. The van der Waals surface area contributed by atoms with Crippen LogP contribution in [0.2, 0.25) is 0 Å². The number of aryl methyl sites for hydroxylation is 1. The molecule has 2 aliphatic heterocycles. The average molecular weight is 355 g/mol. The topological polar surface area (TPSA) is 87.0 Å². The van der Waals surface area contributed by atoms with Crippen molar-refractivity contribution < 1.29 is 14.4 Å². The number of carbonyl (C=O) groups is 3. The Kier molecular flexibility index (Phi) is 3.90. The number of fused-ring (bicyclic) bond motifs is 1. The Balaban J connectivity index is 1.43. The molecule has 0 bridgehead atoms. The van der Waals surface area contributed by atoms with Gasteiger partial charge in [0.25, 0.3) is 5.91 Å². The quantitative estimate of drug-likeness (QED) is 0.844. The molecule has 0 spiro atoms. The van der Waals surface area contributed by atoms with Crippen molar-refractivity contribution in [2.45, 2.75) is 19.4 Å². The Morgan fingerprint density at radius 3 is 2.77 bits per heavy atom. The maximum Gasteiger partial charge on any atom is 0.257 e. The Labute approximate surface area is 150 Å². The van der Waals surface area contributed by atoms with E-state index in [1.54, 1.807) is 27.6 Å². The average Bonchev–Trinajstić information content (AvgIpc) is 3.16. The van der Waals surface area contributed by atoms with Gasteiger partial charge in [-0.1, -0.05) is 0 Å². The van der Waals surface area contributed by atoms with Gasteiger partial charge in [0, 0.05) is 39.3 Å². The Hall–Kier alpha value is -2.90. The highest BCUT2D eigenvalue weighted by Gasteiger charge is 2.43. The first-order chi connectivity index (χ1) is 12.5. The molecule has 2 saturated heterocycles. The molecule has 0 saturated carbocycles. The zero-order chi connectivity index (χ0) is 18.4. The Morgan fingerprint density at radius 2 is 2.04 bits per heavy atom. The number of pyridine rings is 1. The molecular weight excluding hydrogens is 334 g/mol. The first kappa shape index (κ1) is 16.6. The summed E-state index contributed by atoms with van der Waals surface area (Å²) in [4.78, 5) is 40.2. The van der Waals surface area contributed by atoms with Crippen LogP contribution in [0.25, 0.3) is 5.52 Å². The van der Waals surface area contributed by atoms with Crippen molar-refractivity contribution in [2.75, 3.05) is 26.7 Å². The predicted molar refractivity (Wildman–Crippen MR) is 93.5 cm³/mol. The summed E-state index contributed by atoms with van der Waals surface area (Å²) in [6.07, 6.45) is 3.67. The van der Waals surface area contributed by atoms with Gasteiger partial charge in [-0.2, -0.15) is 5.10 Å². The second kappa shape index (κ2) is 6.12. The third-order valence-corrected chi connectivity index (χ3v) is 5.27. The lowest BCUT2D eigenvalue weighted by molar-refractivity contribution is -0.132. The lowest BCUT2D eigenvalue weighted by Gasteiger charge is -2.44. The summed E-state index contributed by atoms with van der Waals surface area (Å²) in [5.41, 5.74) is 2.43. The summed E-state index contributed by atoms with van der Waals surface area (Å²) < 4.78 is 1.69. The summed E-state index contributed by atoms with van der Waals surface area (Å²) in [5.74, 6) is -0.478. The minimum absolute atomic E-state index is 0.00955. The summed E-state index contributed by atoms with van der Waals surface area (Å²) in [6, 6.07) is 3.87. The largest absolute Gasteiger partial charge is 0.359 e. The van der Waals surface area contributed by atoms with Crippen LogP contribution >= 0.6 is 0 Å². The summed E-state index contributed by atoms with van der Waals surface area (Å²) in [5, 5.41) is 6.83. The van der Waals surface area contributed by atoms with Crippen LogP contribution in [0, 0.1) is 12.8 Å². The summed E-state index contributed by atoms with van der Waals surface area (Å²) in [7, 11) is 1.58. The molecule has 0 aromatic carbocycles. The predicted octanol–water partition coefficient (Wildman–Crippen LogP) is 0.0616. The van der Waals surface area contributed by atoms with Crippen LogP contribution in [0.15, 0.2) is 24.5 Å². The number of rotatable bonds is 3. The molecule has 2 aromatic heterocycles. The summed E-state index contributed by atoms with van der Waals surface area (Å²) in [6.45, 7) is 3.40. The summed E-state index contributed by atoms with van der Waals surface area (Å²) >= 11 is 0. The van der Waals surface area contributed by atoms with Crippen molar-refractivity contribution in [1.29, 1.82) is 0 Å². The molecule has 4 heterocycles. The van der Waals surface area contributed by atoms with Crippen LogP contribution in [-0.4, -0.2) is 69.9 Å². The van der Waals surface area contributed by atoms with Gasteiger partial charge in [0.15, 0.2) is 0 Å². The molecule has 8 heteroatoms. The lowest BCUT2D eigenvalue weighted by atomic mass is 10.0. The van der Waals surface area contributed by atoms with Crippen molar-refractivity contribution in [3.05, 3.63) is 35.7 Å². The van der Waals surface area contributed by atoms with E-state index in [1.165, 1.54) is 0 Å². The fraction of sp³-hybridized carbons (Fsp3) is 0.444. The molecule has 0 aliphatic carbocycles. The number of nitrogens with one attached hydrogen (secondary N) is 1. The van der Waals surface area contributed by atoms with E-state index < -0.39 is 0 Å². The molecular formula is C18H21N5O3. The molecule has 1 N–H and O–H groups in total. The first-order valence-electron chi connectivity index (χ1n) is 8.72. The second-order valence-corrected chi connectivity index (χ2v) is 7.02. The van der Waals surface area contributed by atoms with Gasteiger partial charge in [-0.3, -0.25) is 14.4 Å². The number of hydrogen-bond acceptors (Lipinski definition) is 4. The van der Waals surface area contributed by atoms with Gasteiger partial charge in [0.2, 0.25) is 11.8 Å². The van der Waals surface area contributed by atoms with E-state index in [0.29, 0.717) is 25.2 Å². The standard InChI is InChI=1S/C18H21N5O3/c1-11-3-4-23-15(5-11)14(7-20-23)18(26)21-9-13(10-21)22-8-12(6-16(22)24)17(25)19-2/h3-5,7,12-13H,6,8-10H2,1-2H3,(H,19,25). The van der Waals surface area contributed by atoms with E-state index in [-0.39, 0.29) is 36.1 Å². The minimum atomic E-state index is -0.292. The van der Waals surface area contributed by atoms with Crippen molar-refractivity contribution in [3.63, 3.8) is 0 Å². The smallest absolute Gasteiger partial charge is 0.257 e. The van der Waals surface area contributed by atoms with Crippen LogP contribution in [-0.2, 0) is 9.59 Å². The van der Waals surface area contributed by atoms with Gasteiger partial charge in [-0.15, -0.1) is 0 Å². The fourth-order valence-corrected chi connectivity index (χ4v) is 3.70. The fourth-order valence-electron chi connectivity index (χ4n) is 3.70.